The Balaban J connectivity index is 1.81. The van der Waals surface area contributed by atoms with Crippen LogP contribution >= 0.6 is 0 Å². The second-order valence-electron chi connectivity index (χ2n) is 7.21. The van der Waals surface area contributed by atoms with Gasteiger partial charge in [0.1, 0.15) is 11.8 Å². The average Bonchev–Trinajstić information content (AvgIpc) is 3.01. The Morgan fingerprint density at radius 2 is 1.54 bits per heavy atom. The summed E-state index contributed by atoms with van der Waals surface area (Å²) >= 11 is 0. The van der Waals surface area contributed by atoms with Gasteiger partial charge in [-0.3, -0.25) is 9.59 Å². The molecule has 1 aliphatic rings. The molecule has 7 heteroatoms. The van der Waals surface area contributed by atoms with Crippen LogP contribution in [0.3, 0.4) is 0 Å². The number of aliphatic carboxylic acids is 2. The zero-order chi connectivity index (χ0) is 20.3. The third-order valence-corrected chi connectivity index (χ3v) is 5.13. The van der Waals surface area contributed by atoms with Gasteiger partial charge >= 0.3 is 11.9 Å². The lowest BCUT2D eigenvalue weighted by atomic mass is 9.80. The summed E-state index contributed by atoms with van der Waals surface area (Å²) in [5.41, 5.74) is 1.24. The first-order chi connectivity index (χ1) is 13.3. The van der Waals surface area contributed by atoms with E-state index in [1.807, 2.05) is 24.3 Å². The number of carboxylic acids is 2. The summed E-state index contributed by atoms with van der Waals surface area (Å²) < 4.78 is 0. The molecule has 1 atom stereocenters. The monoisotopic (exact) mass is 383 g/mol. The van der Waals surface area contributed by atoms with E-state index in [1.54, 1.807) is 12.1 Å². The molecule has 1 amide bonds. The lowest BCUT2D eigenvalue weighted by Gasteiger charge is -2.28. The van der Waals surface area contributed by atoms with E-state index in [-0.39, 0.29) is 31.4 Å². The fourth-order valence-electron chi connectivity index (χ4n) is 3.73. The van der Waals surface area contributed by atoms with Crippen LogP contribution in [0.2, 0.25) is 0 Å². The van der Waals surface area contributed by atoms with Crippen LogP contribution in [0, 0.1) is 5.41 Å². The summed E-state index contributed by atoms with van der Waals surface area (Å²) in [6.07, 6.45) is 0.163. The minimum Gasteiger partial charge on any atom is -0.508 e. The standard InChI is InChI=1S/C21H21NO6/c23-16-7-5-13(6-8-16)9-17(19(26)27)22-20(28)21(12-18(24)25)10-14-3-1-2-4-15(14)11-21/h1-8,17,23H,9-12H2,(H,22,28)(H,24,25)(H,26,27). The topological polar surface area (TPSA) is 124 Å². The number of benzene rings is 2. The van der Waals surface area contributed by atoms with Crippen molar-refractivity contribution in [1.82, 2.24) is 5.32 Å². The summed E-state index contributed by atoms with van der Waals surface area (Å²) in [6, 6.07) is 12.2. The molecule has 0 aromatic heterocycles. The molecule has 2 aromatic carbocycles. The van der Waals surface area contributed by atoms with Crippen molar-refractivity contribution in [2.45, 2.75) is 31.7 Å². The lowest BCUT2D eigenvalue weighted by molar-refractivity contribution is -0.147. The highest BCUT2D eigenvalue weighted by Gasteiger charge is 2.46. The van der Waals surface area contributed by atoms with Crippen LogP contribution in [0.5, 0.6) is 5.75 Å². The van der Waals surface area contributed by atoms with Gasteiger partial charge in [0.2, 0.25) is 5.91 Å². The molecule has 0 bridgehead atoms. The molecule has 1 aliphatic carbocycles. The number of fused-ring (bicyclic) bond motifs is 1. The molecule has 0 radical (unpaired) electrons. The average molecular weight is 383 g/mol. The number of amides is 1. The number of nitrogens with one attached hydrogen (secondary N) is 1. The van der Waals surface area contributed by atoms with Gasteiger partial charge in [-0.15, -0.1) is 0 Å². The Morgan fingerprint density at radius 1 is 0.964 bits per heavy atom. The maximum Gasteiger partial charge on any atom is 0.326 e. The highest BCUT2D eigenvalue weighted by atomic mass is 16.4. The molecule has 0 heterocycles. The maximum atomic E-state index is 13.1. The number of carbonyl (C=O) groups excluding carboxylic acids is 1. The van der Waals surface area contributed by atoms with E-state index in [9.17, 15) is 29.7 Å². The fraction of sp³-hybridized carbons (Fsp3) is 0.286. The van der Waals surface area contributed by atoms with E-state index >= 15 is 0 Å². The molecule has 28 heavy (non-hydrogen) atoms. The number of phenols is 1. The Labute approximate surface area is 161 Å². The van der Waals surface area contributed by atoms with Crippen molar-refractivity contribution in [1.29, 1.82) is 0 Å². The van der Waals surface area contributed by atoms with Gasteiger partial charge < -0.3 is 20.6 Å². The summed E-state index contributed by atoms with van der Waals surface area (Å²) in [4.78, 5) is 36.2. The predicted molar refractivity (Wildman–Crippen MR) is 99.9 cm³/mol. The minimum absolute atomic E-state index is 0.0253. The van der Waals surface area contributed by atoms with E-state index in [0.717, 1.165) is 11.1 Å². The Kier molecular flexibility index (Phi) is 5.35. The summed E-state index contributed by atoms with van der Waals surface area (Å²) in [6.45, 7) is 0. The number of carboxylic acid groups (broad SMARTS) is 2. The molecule has 0 spiro atoms. The summed E-state index contributed by atoms with van der Waals surface area (Å²) in [5.74, 6) is -2.82. The maximum absolute atomic E-state index is 13.1. The van der Waals surface area contributed by atoms with E-state index in [2.05, 4.69) is 5.32 Å². The minimum atomic E-state index is -1.21. The van der Waals surface area contributed by atoms with Crippen LogP contribution in [0.4, 0.5) is 0 Å². The molecule has 0 aliphatic heterocycles. The number of aromatic hydroxyl groups is 1. The van der Waals surface area contributed by atoms with Gasteiger partial charge in [-0.2, -0.15) is 0 Å². The Hall–Kier alpha value is -3.35. The van der Waals surface area contributed by atoms with Crippen molar-refractivity contribution in [3.8, 4) is 5.75 Å². The van der Waals surface area contributed by atoms with Crippen molar-refractivity contribution in [2.24, 2.45) is 5.41 Å². The van der Waals surface area contributed by atoms with Gasteiger partial charge in [0.05, 0.1) is 11.8 Å². The number of carbonyl (C=O) groups is 3. The zero-order valence-corrected chi connectivity index (χ0v) is 15.1. The molecular weight excluding hydrogens is 362 g/mol. The summed E-state index contributed by atoms with van der Waals surface area (Å²) in [5, 5.41) is 30.8. The van der Waals surface area contributed by atoms with E-state index in [4.69, 9.17) is 0 Å². The number of hydrogen-bond donors (Lipinski definition) is 4. The lowest BCUT2D eigenvalue weighted by Crippen LogP contribution is -2.50. The zero-order valence-electron chi connectivity index (χ0n) is 15.1. The third kappa shape index (κ3) is 4.14. The van der Waals surface area contributed by atoms with Crippen LogP contribution in [-0.2, 0) is 33.6 Å². The van der Waals surface area contributed by atoms with Gasteiger partial charge in [-0.25, -0.2) is 4.79 Å². The van der Waals surface area contributed by atoms with Crippen LogP contribution < -0.4 is 5.32 Å². The normalized spacial score (nSPS) is 15.4. The van der Waals surface area contributed by atoms with Crippen LogP contribution in [0.15, 0.2) is 48.5 Å². The molecule has 1 unspecified atom stereocenters. The van der Waals surface area contributed by atoms with Crippen molar-refractivity contribution >= 4 is 17.8 Å². The second-order valence-corrected chi connectivity index (χ2v) is 7.21. The van der Waals surface area contributed by atoms with Crippen LogP contribution in [0.1, 0.15) is 23.1 Å². The van der Waals surface area contributed by atoms with Gasteiger partial charge in [0.25, 0.3) is 0 Å². The highest BCUT2D eigenvalue weighted by Crippen LogP contribution is 2.40. The van der Waals surface area contributed by atoms with Crippen LogP contribution in [-0.4, -0.2) is 39.2 Å². The molecule has 4 N–H and O–H groups in total. The van der Waals surface area contributed by atoms with Gasteiger partial charge in [-0.1, -0.05) is 36.4 Å². The SMILES string of the molecule is O=C(O)CC1(C(=O)NC(Cc2ccc(O)cc2)C(=O)O)Cc2ccccc2C1. The molecule has 0 saturated heterocycles. The van der Waals surface area contributed by atoms with Gasteiger partial charge in [-0.05, 0) is 41.7 Å². The molecule has 3 rings (SSSR count). The number of phenolic OH excluding ortho intramolecular Hbond substituents is 1. The summed E-state index contributed by atoms with van der Waals surface area (Å²) in [7, 11) is 0. The smallest absolute Gasteiger partial charge is 0.326 e. The van der Waals surface area contributed by atoms with Crippen molar-refractivity contribution in [3.05, 3.63) is 65.2 Å². The van der Waals surface area contributed by atoms with E-state index in [1.165, 1.54) is 12.1 Å². The largest absolute Gasteiger partial charge is 0.508 e. The molecule has 0 saturated carbocycles. The molecular formula is C21H21NO6. The molecule has 2 aromatic rings. The number of hydrogen-bond acceptors (Lipinski definition) is 4. The molecule has 0 fully saturated rings. The highest BCUT2D eigenvalue weighted by molar-refractivity contribution is 5.91. The third-order valence-electron chi connectivity index (χ3n) is 5.13. The van der Waals surface area contributed by atoms with Crippen molar-refractivity contribution in [2.75, 3.05) is 0 Å². The Bertz CT molecular complexity index is 880. The van der Waals surface area contributed by atoms with Gasteiger partial charge in [0.15, 0.2) is 0 Å². The van der Waals surface area contributed by atoms with Gasteiger partial charge in [0, 0.05) is 6.42 Å². The predicted octanol–water partition coefficient (Wildman–Crippen LogP) is 1.76. The Morgan fingerprint density at radius 3 is 2.04 bits per heavy atom. The quantitative estimate of drug-likeness (QED) is 0.578. The van der Waals surface area contributed by atoms with Crippen molar-refractivity contribution in [3.63, 3.8) is 0 Å². The molecule has 7 nitrogen and oxygen atoms in total. The number of rotatable bonds is 7. The second kappa shape index (κ2) is 7.72. The first kappa shape index (κ1) is 19.4. The van der Waals surface area contributed by atoms with Crippen molar-refractivity contribution < 1.29 is 29.7 Å². The fourth-order valence-corrected chi connectivity index (χ4v) is 3.73. The first-order valence-electron chi connectivity index (χ1n) is 8.89. The van der Waals surface area contributed by atoms with Crippen LogP contribution in [0.25, 0.3) is 0 Å². The molecule has 146 valence electrons. The van der Waals surface area contributed by atoms with E-state index in [0.29, 0.717) is 5.56 Å². The van der Waals surface area contributed by atoms with E-state index < -0.39 is 29.3 Å². The first-order valence-corrected chi connectivity index (χ1v) is 8.89.